The average molecular weight is 195 g/mol. The predicted molar refractivity (Wildman–Crippen MR) is 50.6 cm³/mol. The van der Waals surface area contributed by atoms with Crippen LogP contribution in [0.25, 0.3) is 0 Å². The second-order valence-corrected chi connectivity index (χ2v) is 3.89. The Balaban J connectivity index is 2.22. The molecule has 1 aliphatic rings. The Hall–Kier alpha value is -1.23. The number of rotatable bonds is 2. The zero-order chi connectivity index (χ0) is 9.26. The van der Waals surface area contributed by atoms with E-state index in [1.165, 1.54) is 5.01 Å². The Bertz CT molecular complexity index is 347. The molecule has 0 aliphatic carbocycles. The number of thiazole rings is 1. The molecule has 0 aromatic carbocycles. The molecule has 0 spiro atoms. The number of carbonyl (C=O) groups is 1. The van der Waals surface area contributed by atoms with Gasteiger partial charge < -0.3 is 0 Å². The number of hydrogen-bond acceptors (Lipinski definition) is 4. The molecule has 1 amide bonds. The fourth-order valence-electron chi connectivity index (χ4n) is 1.32. The van der Waals surface area contributed by atoms with Gasteiger partial charge in [0, 0.05) is 18.0 Å². The van der Waals surface area contributed by atoms with E-state index in [1.54, 1.807) is 17.6 Å². The van der Waals surface area contributed by atoms with Crippen LogP contribution >= 0.6 is 11.3 Å². The van der Waals surface area contributed by atoms with Crippen molar-refractivity contribution in [1.82, 2.24) is 9.99 Å². The van der Waals surface area contributed by atoms with Crippen molar-refractivity contribution in [2.45, 2.75) is 19.4 Å². The summed E-state index contributed by atoms with van der Waals surface area (Å²) in [7, 11) is 0. The van der Waals surface area contributed by atoms with Crippen molar-refractivity contribution in [1.29, 1.82) is 0 Å². The molecular formula is C8H9N3OS. The van der Waals surface area contributed by atoms with E-state index in [0.29, 0.717) is 0 Å². The maximum absolute atomic E-state index is 10.6. The van der Waals surface area contributed by atoms with Crippen molar-refractivity contribution in [3.63, 3.8) is 0 Å². The lowest BCUT2D eigenvalue weighted by Gasteiger charge is -2.14. The third-order valence-corrected chi connectivity index (χ3v) is 2.74. The molecule has 68 valence electrons. The molecule has 13 heavy (non-hydrogen) atoms. The second-order valence-electron chi connectivity index (χ2n) is 2.83. The maximum Gasteiger partial charge on any atom is 0.230 e. The van der Waals surface area contributed by atoms with Crippen LogP contribution in [0.3, 0.4) is 0 Å². The van der Waals surface area contributed by atoms with Gasteiger partial charge in [0.05, 0.1) is 10.7 Å². The van der Waals surface area contributed by atoms with Crippen molar-refractivity contribution < 1.29 is 4.79 Å². The van der Waals surface area contributed by atoms with Gasteiger partial charge in [-0.3, -0.25) is 4.79 Å². The van der Waals surface area contributed by atoms with Crippen LogP contribution in [-0.2, 0) is 4.79 Å². The third-order valence-electron chi connectivity index (χ3n) is 1.95. The van der Waals surface area contributed by atoms with E-state index in [-0.39, 0.29) is 6.04 Å². The number of hydrazone groups is 1. The highest BCUT2D eigenvalue weighted by atomic mass is 32.1. The van der Waals surface area contributed by atoms with Gasteiger partial charge in [0.15, 0.2) is 0 Å². The lowest BCUT2D eigenvalue weighted by Crippen LogP contribution is -2.17. The molecule has 1 aromatic heterocycles. The Labute approximate surface area is 79.9 Å². The monoisotopic (exact) mass is 195 g/mol. The van der Waals surface area contributed by atoms with E-state index in [2.05, 4.69) is 10.1 Å². The van der Waals surface area contributed by atoms with Crippen molar-refractivity contribution in [2.24, 2.45) is 5.10 Å². The minimum absolute atomic E-state index is 0.0162. The molecule has 0 radical (unpaired) electrons. The molecular weight excluding hydrogens is 186 g/mol. The maximum atomic E-state index is 10.6. The number of aryl methyl sites for hydroxylation is 1. The van der Waals surface area contributed by atoms with Crippen molar-refractivity contribution in [2.75, 3.05) is 0 Å². The van der Waals surface area contributed by atoms with Gasteiger partial charge in [-0.05, 0) is 6.92 Å². The smallest absolute Gasteiger partial charge is 0.230 e. The third kappa shape index (κ3) is 1.47. The minimum Gasteiger partial charge on any atom is -0.277 e. The molecule has 2 rings (SSSR count). The molecule has 0 N–H and O–H groups in total. The molecule has 0 saturated carbocycles. The summed E-state index contributed by atoms with van der Waals surface area (Å²) in [4.78, 5) is 14.9. The van der Waals surface area contributed by atoms with E-state index >= 15 is 0 Å². The van der Waals surface area contributed by atoms with Crippen LogP contribution in [0.15, 0.2) is 10.5 Å². The van der Waals surface area contributed by atoms with Gasteiger partial charge in [-0.15, -0.1) is 11.3 Å². The predicted octanol–water partition coefficient (Wildman–Crippen LogP) is 1.34. The number of nitrogens with zero attached hydrogens (tertiary/aromatic N) is 3. The van der Waals surface area contributed by atoms with E-state index in [9.17, 15) is 4.79 Å². The number of aromatic nitrogens is 1. The van der Waals surface area contributed by atoms with Crippen LogP contribution < -0.4 is 0 Å². The second kappa shape index (κ2) is 3.26. The van der Waals surface area contributed by atoms with Crippen LogP contribution in [0, 0.1) is 6.92 Å². The average Bonchev–Trinajstić information content (AvgIpc) is 2.71. The fourth-order valence-corrected chi connectivity index (χ4v) is 1.98. The van der Waals surface area contributed by atoms with Gasteiger partial charge in [0.2, 0.25) is 6.41 Å². The summed E-state index contributed by atoms with van der Waals surface area (Å²) in [5.41, 5.74) is 0.937. The standard InChI is InChI=1S/C8H9N3OS/c1-6-10-7(4-13-6)8-2-3-9-11(8)5-12/h3-5,8H,2H2,1H3. The quantitative estimate of drug-likeness (QED) is 0.668. The topological polar surface area (TPSA) is 45.6 Å². The van der Waals surface area contributed by atoms with Crippen LogP contribution in [0.5, 0.6) is 0 Å². The molecule has 0 fully saturated rings. The van der Waals surface area contributed by atoms with E-state index in [0.717, 1.165) is 23.5 Å². The summed E-state index contributed by atoms with van der Waals surface area (Å²) >= 11 is 1.59. The summed E-state index contributed by atoms with van der Waals surface area (Å²) < 4.78 is 0. The van der Waals surface area contributed by atoms with Gasteiger partial charge in [-0.2, -0.15) is 5.10 Å². The summed E-state index contributed by atoms with van der Waals surface area (Å²) in [6.07, 6.45) is 3.25. The molecule has 1 aliphatic heterocycles. The number of amides is 1. The summed E-state index contributed by atoms with van der Waals surface area (Å²) in [5.74, 6) is 0. The van der Waals surface area contributed by atoms with E-state index in [4.69, 9.17) is 0 Å². The Kier molecular flexibility index (Phi) is 2.10. The first-order valence-electron chi connectivity index (χ1n) is 3.99. The van der Waals surface area contributed by atoms with Gasteiger partial charge in [-0.1, -0.05) is 0 Å². The summed E-state index contributed by atoms with van der Waals surface area (Å²) in [5, 5.41) is 8.34. The van der Waals surface area contributed by atoms with Gasteiger partial charge in [-0.25, -0.2) is 9.99 Å². The van der Waals surface area contributed by atoms with Crippen LogP contribution in [0.4, 0.5) is 0 Å². The zero-order valence-electron chi connectivity index (χ0n) is 7.17. The Morgan fingerprint density at radius 2 is 2.62 bits per heavy atom. The van der Waals surface area contributed by atoms with Gasteiger partial charge in [0.1, 0.15) is 6.04 Å². The zero-order valence-corrected chi connectivity index (χ0v) is 7.99. The first-order valence-corrected chi connectivity index (χ1v) is 4.87. The van der Waals surface area contributed by atoms with E-state index < -0.39 is 0 Å². The Morgan fingerprint density at radius 1 is 1.77 bits per heavy atom. The van der Waals surface area contributed by atoms with Crippen molar-refractivity contribution in [3.05, 3.63) is 16.1 Å². The molecule has 0 saturated heterocycles. The number of hydrogen-bond donors (Lipinski definition) is 0. The SMILES string of the molecule is Cc1nc(C2CC=NN2C=O)cs1. The lowest BCUT2D eigenvalue weighted by molar-refractivity contribution is -0.119. The largest absolute Gasteiger partial charge is 0.277 e. The highest BCUT2D eigenvalue weighted by Crippen LogP contribution is 2.27. The highest BCUT2D eigenvalue weighted by molar-refractivity contribution is 7.09. The molecule has 2 heterocycles. The number of carbonyl (C=O) groups excluding carboxylic acids is 1. The molecule has 4 nitrogen and oxygen atoms in total. The fraction of sp³-hybridized carbons (Fsp3) is 0.375. The first-order chi connectivity index (χ1) is 6.31. The van der Waals surface area contributed by atoms with Crippen molar-refractivity contribution in [3.8, 4) is 0 Å². The minimum atomic E-state index is 0.0162. The highest BCUT2D eigenvalue weighted by Gasteiger charge is 2.23. The summed E-state index contributed by atoms with van der Waals surface area (Å²) in [6.45, 7) is 1.95. The summed E-state index contributed by atoms with van der Waals surface area (Å²) in [6, 6.07) is 0.0162. The van der Waals surface area contributed by atoms with Gasteiger partial charge in [0.25, 0.3) is 0 Å². The Morgan fingerprint density at radius 3 is 3.23 bits per heavy atom. The lowest BCUT2D eigenvalue weighted by atomic mass is 10.2. The molecule has 1 aromatic rings. The molecule has 5 heteroatoms. The molecule has 1 unspecified atom stereocenters. The van der Waals surface area contributed by atoms with Crippen molar-refractivity contribution >= 4 is 24.0 Å². The van der Waals surface area contributed by atoms with Crippen LogP contribution in [0.1, 0.15) is 23.2 Å². The molecule has 0 bridgehead atoms. The first kappa shape index (κ1) is 8.37. The normalized spacial score (nSPS) is 21.0. The van der Waals surface area contributed by atoms with Crippen LogP contribution in [0.2, 0.25) is 0 Å². The molecule has 1 atom stereocenters. The van der Waals surface area contributed by atoms with E-state index in [1.807, 2.05) is 12.3 Å². The van der Waals surface area contributed by atoms with Gasteiger partial charge >= 0.3 is 0 Å². The van der Waals surface area contributed by atoms with Crippen LogP contribution in [-0.4, -0.2) is 22.6 Å².